The number of hydrogen-bond donors (Lipinski definition) is 3. The molecule has 0 aliphatic carbocycles. The van der Waals surface area contributed by atoms with Gasteiger partial charge in [0.1, 0.15) is 6.42 Å². The Morgan fingerprint density at radius 3 is 2.78 bits per heavy atom. The number of hydrazine groups is 1. The Labute approximate surface area is 119 Å². The van der Waals surface area contributed by atoms with E-state index in [-0.39, 0.29) is 11.5 Å². The van der Waals surface area contributed by atoms with Crippen molar-refractivity contribution in [3.8, 4) is 6.07 Å². The molecular formula is C10H8Cl2N4OS. The van der Waals surface area contributed by atoms with Crippen LogP contribution in [-0.2, 0) is 4.79 Å². The average molecular weight is 303 g/mol. The highest BCUT2D eigenvalue weighted by Gasteiger charge is 2.06. The molecule has 0 fully saturated rings. The quantitative estimate of drug-likeness (QED) is 0.577. The molecule has 1 aromatic carbocycles. The second-order valence-corrected chi connectivity index (χ2v) is 4.26. The van der Waals surface area contributed by atoms with Crippen molar-refractivity contribution in [2.45, 2.75) is 6.42 Å². The van der Waals surface area contributed by atoms with Crippen molar-refractivity contribution in [3.05, 3.63) is 28.2 Å². The van der Waals surface area contributed by atoms with E-state index >= 15 is 0 Å². The lowest BCUT2D eigenvalue weighted by molar-refractivity contribution is -0.120. The molecule has 1 aromatic rings. The SMILES string of the molecule is N#CCC(=O)NNC(=S)Nc1cccc(Cl)c1Cl. The monoisotopic (exact) mass is 302 g/mol. The first-order valence-electron chi connectivity index (χ1n) is 4.71. The molecular weight excluding hydrogens is 295 g/mol. The number of benzene rings is 1. The molecule has 0 saturated heterocycles. The van der Waals surface area contributed by atoms with Gasteiger partial charge in [-0.1, -0.05) is 29.3 Å². The zero-order valence-corrected chi connectivity index (χ0v) is 11.3. The van der Waals surface area contributed by atoms with Gasteiger partial charge < -0.3 is 5.32 Å². The van der Waals surface area contributed by atoms with Gasteiger partial charge in [-0.15, -0.1) is 0 Å². The summed E-state index contributed by atoms with van der Waals surface area (Å²) in [6.07, 6.45) is -0.256. The van der Waals surface area contributed by atoms with Crippen molar-refractivity contribution in [2.24, 2.45) is 0 Å². The smallest absolute Gasteiger partial charge is 0.252 e. The highest BCUT2D eigenvalue weighted by atomic mass is 35.5. The van der Waals surface area contributed by atoms with Crippen LogP contribution in [0.15, 0.2) is 18.2 Å². The molecule has 0 spiro atoms. The van der Waals surface area contributed by atoms with Crippen molar-refractivity contribution in [1.82, 2.24) is 10.9 Å². The molecule has 0 aromatic heterocycles. The highest BCUT2D eigenvalue weighted by Crippen LogP contribution is 2.29. The first kappa shape index (κ1) is 14.5. The normalized spacial score (nSPS) is 9.17. The number of nitriles is 1. The molecule has 0 atom stereocenters. The number of amides is 1. The number of nitrogens with one attached hydrogen (secondary N) is 3. The minimum absolute atomic E-state index is 0.130. The first-order chi connectivity index (χ1) is 8.54. The third-order valence-corrected chi connectivity index (χ3v) is 2.78. The Kier molecular flexibility index (Phi) is 5.65. The van der Waals surface area contributed by atoms with Crippen molar-refractivity contribution in [3.63, 3.8) is 0 Å². The second kappa shape index (κ2) is 7.01. The minimum atomic E-state index is -0.487. The van der Waals surface area contributed by atoms with E-state index in [9.17, 15) is 4.79 Å². The molecule has 0 unspecified atom stereocenters. The Hall–Kier alpha value is -1.55. The van der Waals surface area contributed by atoms with E-state index in [4.69, 9.17) is 40.7 Å². The molecule has 8 heteroatoms. The number of halogens is 2. The Morgan fingerprint density at radius 2 is 2.11 bits per heavy atom. The fourth-order valence-electron chi connectivity index (χ4n) is 0.996. The van der Waals surface area contributed by atoms with Crippen molar-refractivity contribution < 1.29 is 4.79 Å². The van der Waals surface area contributed by atoms with E-state index in [1.54, 1.807) is 24.3 Å². The summed E-state index contributed by atoms with van der Waals surface area (Å²) in [6, 6.07) is 6.72. The molecule has 18 heavy (non-hydrogen) atoms. The number of rotatable bonds is 2. The van der Waals surface area contributed by atoms with E-state index in [1.165, 1.54) is 0 Å². The average Bonchev–Trinajstić information content (AvgIpc) is 2.33. The second-order valence-electron chi connectivity index (χ2n) is 3.06. The van der Waals surface area contributed by atoms with Gasteiger partial charge in [-0.25, -0.2) is 0 Å². The summed E-state index contributed by atoms with van der Waals surface area (Å²) >= 11 is 16.7. The van der Waals surface area contributed by atoms with Gasteiger partial charge in [0.2, 0.25) is 0 Å². The first-order valence-corrected chi connectivity index (χ1v) is 5.88. The number of nitrogens with zero attached hydrogens (tertiary/aromatic N) is 1. The standard InChI is InChI=1S/C10H8Cl2N4OS/c11-6-2-1-3-7(9(6)12)14-10(18)16-15-8(17)4-5-13/h1-3H,4H2,(H,15,17)(H2,14,16,18). The number of carbonyl (C=O) groups excluding carboxylic acids is 1. The largest absolute Gasteiger partial charge is 0.330 e. The Bertz CT molecular complexity index is 515. The third kappa shape index (κ3) is 4.37. The van der Waals surface area contributed by atoms with Crippen LogP contribution in [0.4, 0.5) is 5.69 Å². The highest BCUT2D eigenvalue weighted by molar-refractivity contribution is 7.80. The van der Waals surface area contributed by atoms with Crippen LogP contribution in [0, 0.1) is 11.3 Å². The van der Waals surface area contributed by atoms with Crippen molar-refractivity contribution >= 4 is 52.1 Å². The zero-order chi connectivity index (χ0) is 13.5. The van der Waals surface area contributed by atoms with Crippen LogP contribution < -0.4 is 16.2 Å². The third-order valence-electron chi connectivity index (χ3n) is 1.75. The van der Waals surface area contributed by atoms with E-state index in [2.05, 4.69) is 16.2 Å². The molecule has 0 aliphatic heterocycles. The molecule has 1 rings (SSSR count). The van der Waals surface area contributed by atoms with Crippen LogP contribution >= 0.6 is 35.4 Å². The number of anilines is 1. The van der Waals surface area contributed by atoms with Crippen LogP contribution in [0.2, 0.25) is 10.0 Å². The summed E-state index contributed by atoms with van der Waals surface area (Å²) in [6.45, 7) is 0. The van der Waals surface area contributed by atoms with Crippen LogP contribution in [0.3, 0.4) is 0 Å². The van der Waals surface area contributed by atoms with E-state index in [0.29, 0.717) is 15.7 Å². The Morgan fingerprint density at radius 1 is 1.39 bits per heavy atom. The van der Waals surface area contributed by atoms with Crippen molar-refractivity contribution in [2.75, 3.05) is 5.32 Å². The fourth-order valence-corrected chi connectivity index (χ4v) is 1.51. The summed E-state index contributed by atoms with van der Waals surface area (Å²) < 4.78 is 0. The van der Waals surface area contributed by atoms with Gasteiger partial charge in [0.05, 0.1) is 21.8 Å². The van der Waals surface area contributed by atoms with Gasteiger partial charge in [0.25, 0.3) is 5.91 Å². The molecule has 3 N–H and O–H groups in total. The van der Waals surface area contributed by atoms with E-state index < -0.39 is 5.91 Å². The molecule has 5 nitrogen and oxygen atoms in total. The van der Waals surface area contributed by atoms with Crippen molar-refractivity contribution in [1.29, 1.82) is 5.26 Å². The van der Waals surface area contributed by atoms with E-state index in [1.807, 2.05) is 0 Å². The lowest BCUT2D eigenvalue weighted by Crippen LogP contribution is -2.43. The van der Waals surface area contributed by atoms with Crippen LogP contribution in [0.25, 0.3) is 0 Å². The number of carbonyl (C=O) groups is 1. The topological polar surface area (TPSA) is 77.0 Å². The van der Waals surface area contributed by atoms with Crippen LogP contribution in [0.1, 0.15) is 6.42 Å². The predicted molar refractivity (Wildman–Crippen MR) is 74.2 cm³/mol. The summed E-state index contributed by atoms with van der Waals surface area (Å²) in [4.78, 5) is 11.0. The maximum Gasteiger partial charge on any atom is 0.252 e. The summed E-state index contributed by atoms with van der Waals surface area (Å²) in [5, 5.41) is 11.9. The molecule has 1 amide bonds. The van der Waals surface area contributed by atoms with E-state index in [0.717, 1.165) is 0 Å². The predicted octanol–water partition coefficient (Wildman–Crippen LogP) is 2.22. The lowest BCUT2D eigenvalue weighted by Gasteiger charge is -2.12. The van der Waals surface area contributed by atoms with Crippen LogP contribution in [0.5, 0.6) is 0 Å². The Balaban J connectivity index is 2.53. The van der Waals surface area contributed by atoms with Gasteiger partial charge in [0.15, 0.2) is 5.11 Å². The molecule has 94 valence electrons. The van der Waals surface area contributed by atoms with Gasteiger partial charge in [-0.3, -0.25) is 15.6 Å². The van der Waals surface area contributed by atoms with Gasteiger partial charge in [0, 0.05) is 0 Å². The molecule has 0 radical (unpaired) electrons. The fraction of sp³-hybridized carbons (Fsp3) is 0.100. The maximum atomic E-state index is 11.0. The molecule has 0 bridgehead atoms. The summed E-state index contributed by atoms with van der Waals surface area (Å²) in [5.74, 6) is -0.487. The van der Waals surface area contributed by atoms with Gasteiger partial charge in [-0.05, 0) is 24.4 Å². The molecule has 0 saturated carbocycles. The summed E-state index contributed by atoms with van der Waals surface area (Å²) in [5.41, 5.74) is 5.19. The zero-order valence-electron chi connectivity index (χ0n) is 8.96. The lowest BCUT2D eigenvalue weighted by atomic mass is 10.3. The minimum Gasteiger partial charge on any atom is -0.330 e. The summed E-state index contributed by atoms with van der Waals surface area (Å²) in [7, 11) is 0. The maximum absolute atomic E-state index is 11.0. The molecule has 0 heterocycles. The van der Waals surface area contributed by atoms with Crippen LogP contribution in [-0.4, -0.2) is 11.0 Å². The van der Waals surface area contributed by atoms with Gasteiger partial charge >= 0.3 is 0 Å². The molecule has 0 aliphatic rings. The van der Waals surface area contributed by atoms with Gasteiger partial charge in [-0.2, -0.15) is 5.26 Å². The number of thiocarbonyl (C=S) groups is 1. The number of hydrogen-bond acceptors (Lipinski definition) is 3.